The number of rotatable bonds is 5. The third-order valence-electron chi connectivity index (χ3n) is 3.36. The number of thiophene rings is 1. The molecule has 0 aliphatic heterocycles. The number of benzene rings is 1. The molecule has 2 aromatic rings. The van der Waals surface area contributed by atoms with Gasteiger partial charge in [0, 0.05) is 16.6 Å². The maximum atomic E-state index is 11.9. The Morgan fingerprint density at radius 1 is 1.13 bits per heavy atom. The average molecular weight is 329 g/mol. The SMILES string of the molecule is Cc1ccsc1/C=C/C(=O)OCC(=O)Nc1c(C)cccc1C. The molecule has 0 aliphatic rings. The fourth-order valence-corrected chi connectivity index (χ4v) is 2.89. The zero-order chi connectivity index (χ0) is 16.8. The lowest BCUT2D eigenvalue weighted by atomic mass is 10.1. The van der Waals surface area contributed by atoms with Crippen LogP contribution in [-0.4, -0.2) is 18.5 Å². The summed E-state index contributed by atoms with van der Waals surface area (Å²) in [4.78, 5) is 24.6. The lowest BCUT2D eigenvalue weighted by Gasteiger charge is -2.11. The third kappa shape index (κ3) is 4.79. The first-order valence-corrected chi connectivity index (χ1v) is 8.10. The second-order valence-corrected chi connectivity index (χ2v) is 6.17. The number of ether oxygens (including phenoxy) is 1. The molecule has 5 heteroatoms. The molecule has 0 saturated carbocycles. The maximum absolute atomic E-state index is 11.9. The van der Waals surface area contributed by atoms with E-state index < -0.39 is 5.97 Å². The van der Waals surface area contributed by atoms with Crippen molar-refractivity contribution < 1.29 is 14.3 Å². The molecule has 0 bridgehead atoms. The number of hydrogen-bond acceptors (Lipinski definition) is 4. The van der Waals surface area contributed by atoms with Gasteiger partial charge in [-0.3, -0.25) is 4.79 Å². The van der Waals surface area contributed by atoms with Crippen molar-refractivity contribution in [2.45, 2.75) is 20.8 Å². The van der Waals surface area contributed by atoms with E-state index >= 15 is 0 Å². The summed E-state index contributed by atoms with van der Waals surface area (Å²) in [7, 11) is 0. The van der Waals surface area contributed by atoms with Gasteiger partial charge >= 0.3 is 5.97 Å². The first-order chi connectivity index (χ1) is 11.0. The molecular weight excluding hydrogens is 310 g/mol. The molecule has 1 heterocycles. The van der Waals surface area contributed by atoms with Gasteiger partial charge in [0.25, 0.3) is 5.91 Å². The van der Waals surface area contributed by atoms with E-state index in [0.717, 1.165) is 27.3 Å². The average Bonchev–Trinajstić information content (AvgIpc) is 2.92. The van der Waals surface area contributed by atoms with E-state index in [9.17, 15) is 9.59 Å². The normalized spacial score (nSPS) is 10.7. The molecule has 1 aromatic carbocycles. The van der Waals surface area contributed by atoms with E-state index in [1.807, 2.05) is 50.4 Å². The number of esters is 1. The van der Waals surface area contributed by atoms with E-state index in [2.05, 4.69) is 5.32 Å². The molecule has 0 aliphatic carbocycles. The van der Waals surface area contributed by atoms with Crippen molar-refractivity contribution >= 4 is 35.0 Å². The van der Waals surface area contributed by atoms with Crippen LogP contribution in [0.1, 0.15) is 21.6 Å². The van der Waals surface area contributed by atoms with Gasteiger partial charge in [0.1, 0.15) is 0 Å². The zero-order valence-electron chi connectivity index (χ0n) is 13.4. The molecule has 1 aromatic heterocycles. The summed E-state index contributed by atoms with van der Waals surface area (Å²) in [5.74, 6) is -0.883. The Hall–Kier alpha value is -2.40. The summed E-state index contributed by atoms with van der Waals surface area (Å²) in [5, 5.41) is 4.73. The highest BCUT2D eigenvalue weighted by Crippen LogP contribution is 2.19. The second kappa shape index (κ2) is 7.74. The molecule has 0 saturated heterocycles. The number of carbonyl (C=O) groups is 2. The Bertz CT molecular complexity index is 726. The van der Waals surface area contributed by atoms with Gasteiger partial charge in [-0.15, -0.1) is 11.3 Å². The zero-order valence-corrected chi connectivity index (χ0v) is 14.2. The summed E-state index contributed by atoms with van der Waals surface area (Å²) in [5.41, 5.74) is 3.81. The van der Waals surface area contributed by atoms with E-state index in [1.54, 1.807) is 17.4 Å². The Kier molecular flexibility index (Phi) is 5.71. The van der Waals surface area contributed by atoms with Crippen LogP contribution in [0.2, 0.25) is 0 Å². The van der Waals surface area contributed by atoms with E-state index in [-0.39, 0.29) is 12.5 Å². The number of hydrogen-bond donors (Lipinski definition) is 1. The third-order valence-corrected chi connectivity index (χ3v) is 4.35. The number of nitrogens with one attached hydrogen (secondary N) is 1. The van der Waals surface area contributed by atoms with Gasteiger partial charge in [-0.25, -0.2) is 4.79 Å². The van der Waals surface area contributed by atoms with Gasteiger partial charge in [-0.1, -0.05) is 18.2 Å². The quantitative estimate of drug-likeness (QED) is 0.669. The number of para-hydroxylation sites is 1. The minimum absolute atomic E-state index is 0.305. The second-order valence-electron chi connectivity index (χ2n) is 5.22. The van der Waals surface area contributed by atoms with Gasteiger partial charge in [-0.2, -0.15) is 0 Å². The van der Waals surface area contributed by atoms with Gasteiger partial charge in [-0.05, 0) is 55.0 Å². The summed E-state index contributed by atoms with van der Waals surface area (Å²) in [6, 6.07) is 7.74. The molecule has 0 unspecified atom stereocenters. The van der Waals surface area contributed by atoms with Crippen molar-refractivity contribution in [3.05, 3.63) is 57.3 Å². The highest BCUT2D eigenvalue weighted by molar-refractivity contribution is 7.11. The van der Waals surface area contributed by atoms with Crippen LogP contribution < -0.4 is 5.32 Å². The highest BCUT2D eigenvalue weighted by Gasteiger charge is 2.09. The molecule has 0 fully saturated rings. The Balaban J connectivity index is 1.86. The van der Waals surface area contributed by atoms with Crippen LogP contribution in [0.4, 0.5) is 5.69 Å². The first kappa shape index (κ1) is 17.0. The molecule has 120 valence electrons. The number of anilines is 1. The fraction of sp³-hybridized carbons (Fsp3) is 0.222. The molecule has 4 nitrogen and oxygen atoms in total. The predicted octanol–water partition coefficient (Wildman–Crippen LogP) is 3.87. The number of amides is 1. The van der Waals surface area contributed by atoms with Gasteiger partial charge in [0.05, 0.1) is 0 Å². The van der Waals surface area contributed by atoms with Crippen molar-refractivity contribution in [3.63, 3.8) is 0 Å². The summed E-state index contributed by atoms with van der Waals surface area (Å²) in [6.45, 7) is 5.50. The van der Waals surface area contributed by atoms with Crippen LogP contribution in [0.5, 0.6) is 0 Å². The molecule has 1 amide bonds. The Morgan fingerprint density at radius 2 is 1.83 bits per heavy atom. The fourth-order valence-electron chi connectivity index (χ4n) is 2.07. The van der Waals surface area contributed by atoms with Crippen LogP contribution in [-0.2, 0) is 14.3 Å². The Labute approximate surface area is 139 Å². The Morgan fingerprint density at radius 3 is 2.43 bits per heavy atom. The number of carbonyl (C=O) groups excluding carboxylic acids is 2. The van der Waals surface area contributed by atoms with Crippen LogP contribution in [0.3, 0.4) is 0 Å². The maximum Gasteiger partial charge on any atom is 0.331 e. The minimum Gasteiger partial charge on any atom is -0.452 e. The van der Waals surface area contributed by atoms with E-state index in [1.165, 1.54) is 6.08 Å². The summed E-state index contributed by atoms with van der Waals surface area (Å²) < 4.78 is 4.96. The predicted molar refractivity (Wildman–Crippen MR) is 93.6 cm³/mol. The molecule has 2 rings (SSSR count). The molecule has 0 radical (unpaired) electrons. The van der Waals surface area contributed by atoms with Crippen LogP contribution >= 0.6 is 11.3 Å². The van der Waals surface area contributed by atoms with Gasteiger partial charge < -0.3 is 10.1 Å². The summed E-state index contributed by atoms with van der Waals surface area (Å²) in [6.07, 6.45) is 3.04. The van der Waals surface area contributed by atoms with Crippen molar-refractivity contribution in [1.82, 2.24) is 0 Å². The highest BCUT2D eigenvalue weighted by atomic mass is 32.1. The van der Waals surface area contributed by atoms with Crippen molar-refractivity contribution in [2.75, 3.05) is 11.9 Å². The molecular formula is C18H19NO3S. The lowest BCUT2D eigenvalue weighted by molar-refractivity contribution is -0.142. The summed E-state index contributed by atoms with van der Waals surface area (Å²) >= 11 is 1.55. The molecule has 23 heavy (non-hydrogen) atoms. The lowest BCUT2D eigenvalue weighted by Crippen LogP contribution is -2.21. The van der Waals surface area contributed by atoms with Crippen molar-refractivity contribution in [3.8, 4) is 0 Å². The van der Waals surface area contributed by atoms with Crippen LogP contribution in [0, 0.1) is 20.8 Å². The van der Waals surface area contributed by atoms with Crippen molar-refractivity contribution in [1.29, 1.82) is 0 Å². The number of aryl methyl sites for hydroxylation is 3. The van der Waals surface area contributed by atoms with E-state index in [0.29, 0.717) is 0 Å². The molecule has 0 spiro atoms. The van der Waals surface area contributed by atoms with Gasteiger partial charge in [0.15, 0.2) is 6.61 Å². The molecule has 0 atom stereocenters. The topological polar surface area (TPSA) is 55.4 Å². The van der Waals surface area contributed by atoms with Crippen LogP contribution in [0.25, 0.3) is 6.08 Å². The van der Waals surface area contributed by atoms with E-state index in [4.69, 9.17) is 4.74 Å². The van der Waals surface area contributed by atoms with Crippen LogP contribution in [0.15, 0.2) is 35.7 Å². The van der Waals surface area contributed by atoms with Gasteiger partial charge in [0.2, 0.25) is 0 Å². The molecule has 1 N–H and O–H groups in total. The largest absolute Gasteiger partial charge is 0.452 e. The monoisotopic (exact) mass is 329 g/mol. The minimum atomic E-state index is -0.533. The standard InChI is InChI=1S/C18H19NO3S/c1-12-9-10-23-15(12)7-8-17(21)22-11-16(20)19-18-13(2)5-4-6-14(18)3/h4-10H,11H2,1-3H3,(H,19,20)/b8-7+. The first-order valence-electron chi connectivity index (χ1n) is 7.22. The van der Waals surface area contributed by atoms with Crippen molar-refractivity contribution in [2.24, 2.45) is 0 Å². The smallest absolute Gasteiger partial charge is 0.331 e.